The van der Waals surface area contributed by atoms with Crippen LogP contribution in [0.15, 0.2) is 40.8 Å². The molecule has 2 aromatic carbocycles. The monoisotopic (exact) mass is 397 g/mol. The highest BCUT2D eigenvalue weighted by Gasteiger charge is 2.19. The Bertz CT molecular complexity index is 979. The highest BCUT2D eigenvalue weighted by molar-refractivity contribution is 5.84. The number of halogens is 1. The maximum atomic E-state index is 13.4. The number of oxazole rings is 1. The van der Waals surface area contributed by atoms with Gasteiger partial charge in [-0.05, 0) is 42.7 Å². The summed E-state index contributed by atoms with van der Waals surface area (Å²) in [6.07, 6.45) is 5.64. The normalized spacial score (nSPS) is 12.3. The van der Waals surface area contributed by atoms with Gasteiger partial charge in [-0.25, -0.2) is 9.37 Å². The molecule has 0 radical (unpaired) electrons. The molecule has 1 heterocycles. The van der Waals surface area contributed by atoms with E-state index in [1.807, 2.05) is 18.2 Å². The Kier molecular flexibility index (Phi) is 7.02. The molecular formula is C24H28FNO3. The Balaban J connectivity index is 1.79. The predicted molar refractivity (Wildman–Crippen MR) is 113 cm³/mol. The van der Waals surface area contributed by atoms with Gasteiger partial charge in [-0.2, -0.15) is 0 Å². The number of unbranched alkanes of at least 4 members (excludes halogenated alkanes) is 2. The number of aromatic nitrogens is 1. The summed E-state index contributed by atoms with van der Waals surface area (Å²) in [6, 6.07) is 9.86. The lowest BCUT2D eigenvalue weighted by Gasteiger charge is -2.14. The second kappa shape index (κ2) is 9.68. The summed E-state index contributed by atoms with van der Waals surface area (Å²) >= 11 is 0. The van der Waals surface area contributed by atoms with Crippen LogP contribution in [0.1, 0.15) is 51.5 Å². The number of Topliss-reactive ketones (excluding diaryl/α,β-unsaturated/α-hetero) is 1. The van der Waals surface area contributed by atoms with E-state index in [1.54, 1.807) is 13.2 Å². The SMILES string of the molecule is CCCCCC(CC)C(=O)Cc1ccc(-c2nc3cc(F)ccc3o2)c(OC)c1. The quantitative estimate of drug-likeness (QED) is 0.374. The summed E-state index contributed by atoms with van der Waals surface area (Å²) in [5.74, 6) is 0.977. The average molecular weight is 397 g/mol. The van der Waals surface area contributed by atoms with Crippen molar-refractivity contribution in [1.29, 1.82) is 0 Å². The van der Waals surface area contributed by atoms with Crippen LogP contribution < -0.4 is 4.74 Å². The first-order valence-electron chi connectivity index (χ1n) is 10.3. The number of benzene rings is 2. The van der Waals surface area contributed by atoms with Crippen molar-refractivity contribution >= 4 is 16.9 Å². The lowest BCUT2D eigenvalue weighted by atomic mass is 9.90. The van der Waals surface area contributed by atoms with Crippen LogP contribution in [0, 0.1) is 11.7 Å². The molecule has 0 aliphatic heterocycles. The first-order chi connectivity index (χ1) is 14.0. The van der Waals surface area contributed by atoms with E-state index >= 15 is 0 Å². The minimum absolute atomic E-state index is 0.110. The molecule has 5 heteroatoms. The third-order valence-corrected chi connectivity index (χ3v) is 5.33. The molecule has 0 spiro atoms. The number of ketones is 1. The smallest absolute Gasteiger partial charge is 0.231 e. The van der Waals surface area contributed by atoms with Crippen molar-refractivity contribution in [2.45, 2.75) is 52.4 Å². The van der Waals surface area contributed by atoms with Crippen molar-refractivity contribution in [3.8, 4) is 17.2 Å². The topological polar surface area (TPSA) is 52.3 Å². The summed E-state index contributed by atoms with van der Waals surface area (Å²) < 4.78 is 24.7. The van der Waals surface area contributed by atoms with Crippen molar-refractivity contribution in [1.82, 2.24) is 4.98 Å². The van der Waals surface area contributed by atoms with Crippen LogP contribution in [0.2, 0.25) is 0 Å². The van der Waals surface area contributed by atoms with Gasteiger partial charge in [0, 0.05) is 18.4 Å². The highest BCUT2D eigenvalue weighted by atomic mass is 19.1. The zero-order chi connectivity index (χ0) is 20.8. The standard InChI is InChI=1S/C24H28FNO3/c1-4-6-7-8-17(5-2)21(27)13-16-9-11-19(23(14-16)28-3)24-26-20-15-18(25)10-12-22(20)29-24/h9-12,14-15,17H,4-8,13H2,1-3H3. The Morgan fingerprint density at radius 1 is 1.17 bits per heavy atom. The number of hydrogen-bond donors (Lipinski definition) is 0. The maximum Gasteiger partial charge on any atom is 0.231 e. The molecule has 0 saturated heterocycles. The average Bonchev–Trinajstić information content (AvgIpc) is 3.13. The summed E-state index contributed by atoms with van der Waals surface area (Å²) in [5.41, 5.74) is 2.56. The number of carbonyl (C=O) groups excluding carboxylic acids is 1. The Labute approximate surface area is 171 Å². The van der Waals surface area contributed by atoms with E-state index in [-0.39, 0.29) is 17.5 Å². The Morgan fingerprint density at radius 3 is 2.72 bits per heavy atom. The molecule has 29 heavy (non-hydrogen) atoms. The third-order valence-electron chi connectivity index (χ3n) is 5.33. The number of rotatable bonds is 10. The summed E-state index contributed by atoms with van der Waals surface area (Å²) in [5, 5.41) is 0. The van der Waals surface area contributed by atoms with Crippen LogP contribution in [0.3, 0.4) is 0 Å². The first kappa shape index (κ1) is 21.0. The van der Waals surface area contributed by atoms with Crippen LogP contribution in [-0.2, 0) is 11.2 Å². The number of nitrogens with zero attached hydrogens (tertiary/aromatic N) is 1. The van der Waals surface area contributed by atoms with E-state index < -0.39 is 0 Å². The van der Waals surface area contributed by atoms with Crippen LogP contribution >= 0.6 is 0 Å². The van der Waals surface area contributed by atoms with Gasteiger partial charge in [-0.1, -0.05) is 39.2 Å². The summed E-state index contributed by atoms with van der Waals surface area (Å²) in [4.78, 5) is 17.1. The van der Waals surface area contributed by atoms with E-state index in [2.05, 4.69) is 18.8 Å². The summed E-state index contributed by atoms with van der Waals surface area (Å²) in [7, 11) is 1.58. The van der Waals surface area contributed by atoms with Gasteiger partial charge in [0.25, 0.3) is 0 Å². The molecular weight excluding hydrogens is 369 g/mol. The number of ether oxygens (including phenoxy) is 1. The van der Waals surface area contributed by atoms with Crippen molar-refractivity contribution in [2.75, 3.05) is 7.11 Å². The second-order valence-electron chi connectivity index (χ2n) is 7.41. The van der Waals surface area contributed by atoms with E-state index in [0.717, 1.165) is 31.2 Å². The third kappa shape index (κ3) is 5.03. The molecule has 3 aromatic rings. The molecule has 0 aliphatic rings. The van der Waals surface area contributed by atoms with Gasteiger partial charge in [0.15, 0.2) is 5.58 Å². The summed E-state index contributed by atoms with van der Waals surface area (Å²) in [6.45, 7) is 4.25. The first-order valence-corrected chi connectivity index (χ1v) is 10.3. The number of methoxy groups -OCH3 is 1. The number of hydrogen-bond acceptors (Lipinski definition) is 4. The maximum absolute atomic E-state index is 13.4. The minimum atomic E-state index is -0.359. The zero-order valence-corrected chi connectivity index (χ0v) is 17.3. The molecule has 0 N–H and O–H groups in total. The van der Waals surface area contributed by atoms with Gasteiger partial charge < -0.3 is 9.15 Å². The van der Waals surface area contributed by atoms with Crippen molar-refractivity contribution in [3.05, 3.63) is 47.8 Å². The molecule has 0 aliphatic carbocycles. The Hall–Kier alpha value is -2.69. The van der Waals surface area contributed by atoms with Crippen molar-refractivity contribution in [3.63, 3.8) is 0 Å². The molecule has 0 amide bonds. The van der Waals surface area contributed by atoms with Crippen LogP contribution in [0.25, 0.3) is 22.6 Å². The van der Waals surface area contributed by atoms with Gasteiger partial charge in [0.1, 0.15) is 22.9 Å². The molecule has 1 unspecified atom stereocenters. The fourth-order valence-corrected chi connectivity index (χ4v) is 3.62. The fraction of sp³-hybridized carbons (Fsp3) is 0.417. The van der Waals surface area contributed by atoms with E-state index in [0.29, 0.717) is 34.7 Å². The van der Waals surface area contributed by atoms with Gasteiger partial charge in [0.2, 0.25) is 5.89 Å². The van der Waals surface area contributed by atoms with Crippen molar-refractivity contribution in [2.24, 2.45) is 5.92 Å². The molecule has 0 fully saturated rings. The molecule has 0 saturated carbocycles. The van der Waals surface area contributed by atoms with Gasteiger partial charge in [0.05, 0.1) is 12.7 Å². The van der Waals surface area contributed by atoms with Gasteiger partial charge >= 0.3 is 0 Å². The molecule has 0 bridgehead atoms. The molecule has 1 atom stereocenters. The lowest BCUT2D eigenvalue weighted by molar-refractivity contribution is -0.122. The van der Waals surface area contributed by atoms with Crippen LogP contribution in [-0.4, -0.2) is 17.9 Å². The largest absolute Gasteiger partial charge is 0.496 e. The van der Waals surface area contributed by atoms with Gasteiger partial charge in [-0.3, -0.25) is 4.79 Å². The molecule has 1 aromatic heterocycles. The molecule has 154 valence electrons. The van der Waals surface area contributed by atoms with Crippen LogP contribution in [0.4, 0.5) is 4.39 Å². The fourth-order valence-electron chi connectivity index (χ4n) is 3.62. The van der Waals surface area contributed by atoms with E-state index in [4.69, 9.17) is 9.15 Å². The Morgan fingerprint density at radius 2 is 2.00 bits per heavy atom. The molecule has 3 rings (SSSR count). The van der Waals surface area contributed by atoms with Crippen molar-refractivity contribution < 1.29 is 18.3 Å². The number of fused-ring (bicyclic) bond motifs is 1. The lowest BCUT2D eigenvalue weighted by Crippen LogP contribution is -2.16. The minimum Gasteiger partial charge on any atom is -0.496 e. The van der Waals surface area contributed by atoms with E-state index in [9.17, 15) is 9.18 Å². The predicted octanol–water partition coefficient (Wildman–Crippen LogP) is 6.36. The zero-order valence-electron chi connectivity index (χ0n) is 17.3. The van der Waals surface area contributed by atoms with Crippen LogP contribution in [0.5, 0.6) is 5.75 Å². The van der Waals surface area contributed by atoms with E-state index in [1.165, 1.54) is 18.6 Å². The second-order valence-corrected chi connectivity index (χ2v) is 7.41. The molecule has 4 nitrogen and oxygen atoms in total. The highest BCUT2D eigenvalue weighted by Crippen LogP contribution is 2.33. The van der Waals surface area contributed by atoms with Gasteiger partial charge in [-0.15, -0.1) is 0 Å². The number of carbonyl (C=O) groups is 1.